The molecule has 0 saturated carbocycles. The molecule has 1 aromatic heterocycles. The van der Waals surface area contributed by atoms with Gasteiger partial charge in [-0.3, -0.25) is 9.79 Å². The molecule has 0 atom stereocenters. The largest absolute Gasteiger partial charge is 0.355 e. The molecule has 152 valence electrons. The fraction of sp³-hybridized carbons (Fsp3) is 0.500. The topological polar surface area (TPSA) is 87.4 Å². The highest BCUT2D eigenvalue weighted by Crippen LogP contribution is 2.08. The first-order chi connectivity index (χ1) is 13.6. The van der Waals surface area contributed by atoms with E-state index in [1.807, 2.05) is 47.6 Å². The van der Waals surface area contributed by atoms with Gasteiger partial charge in [-0.1, -0.05) is 19.1 Å². The first kappa shape index (κ1) is 21.4. The third-order valence-corrected chi connectivity index (χ3v) is 4.59. The maximum Gasteiger partial charge on any atom is 0.253 e. The highest BCUT2D eigenvalue weighted by molar-refractivity contribution is 5.94. The fourth-order valence-electron chi connectivity index (χ4n) is 2.90. The van der Waals surface area contributed by atoms with Gasteiger partial charge in [0.05, 0.1) is 0 Å². The number of hydrogen-bond acceptors (Lipinski definition) is 4. The molecule has 0 radical (unpaired) electrons. The molecule has 1 aromatic carbocycles. The van der Waals surface area contributed by atoms with Gasteiger partial charge in [-0.05, 0) is 31.5 Å². The molecule has 8 nitrogen and oxygen atoms in total. The number of rotatable bonds is 9. The van der Waals surface area contributed by atoms with Crippen LogP contribution in [0.1, 0.15) is 42.5 Å². The van der Waals surface area contributed by atoms with Crippen molar-refractivity contribution in [2.45, 2.75) is 40.3 Å². The van der Waals surface area contributed by atoms with Crippen LogP contribution in [0.25, 0.3) is 0 Å². The Hall–Kier alpha value is -2.90. The van der Waals surface area contributed by atoms with Crippen LogP contribution < -0.4 is 10.6 Å². The minimum absolute atomic E-state index is 0.0717. The van der Waals surface area contributed by atoms with Crippen molar-refractivity contribution in [2.24, 2.45) is 4.99 Å². The van der Waals surface area contributed by atoms with Gasteiger partial charge in [0.1, 0.15) is 12.2 Å². The zero-order valence-electron chi connectivity index (χ0n) is 17.3. The lowest BCUT2D eigenvalue weighted by molar-refractivity contribution is 0.0773. The Labute approximate surface area is 167 Å². The SMILES string of the molecule is CCc1nncn1CCNC(=NC)NCc1ccc(C(=O)N(CC)CC)cc1. The predicted octanol–water partition coefficient (Wildman–Crippen LogP) is 1.69. The zero-order valence-corrected chi connectivity index (χ0v) is 17.3. The molecule has 0 spiro atoms. The molecular weight excluding hydrogens is 354 g/mol. The molecule has 0 aliphatic rings. The van der Waals surface area contributed by atoms with Crippen molar-refractivity contribution in [1.82, 2.24) is 30.3 Å². The molecule has 0 aliphatic heterocycles. The number of amides is 1. The Morgan fingerprint density at radius 1 is 1.14 bits per heavy atom. The van der Waals surface area contributed by atoms with E-state index in [2.05, 4.69) is 32.7 Å². The van der Waals surface area contributed by atoms with Crippen LogP contribution in [-0.2, 0) is 19.5 Å². The average Bonchev–Trinajstić information content (AvgIpc) is 3.19. The third kappa shape index (κ3) is 5.80. The van der Waals surface area contributed by atoms with Crippen LogP contribution in [0.2, 0.25) is 0 Å². The highest BCUT2D eigenvalue weighted by Gasteiger charge is 2.11. The molecule has 2 N–H and O–H groups in total. The van der Waals surface area contributed by atoms with Crippen molar-refractivity contribution >= 4 is 11.9 Å². The predicted molar refractivity (Wildman–Crippen MR) is 111 cm³/mol. The van der Waals surface area contributed by atoms with Gasteiger partial charge >= 0.3 is 0 Å². The molecule has 0 bridgehead atoms. The number of carbonyl (C=O) groups is 1. The Bertz CT molecular complexity index is 763. The fourth-order valence-corrected chi connectivity index (χ4v) is 2.90. The molecule has 2 aromatic rings. The van der Waals surface area contributed by atoms with E-state index in [0.29, 0.717) is 6.54 Å². The molecule has 0 aliphatic carbocycles. The van der Waals surface area contributed by atoms with Crippen molar-refractivity contribution in [3.63, 3.8) is 0 Å². The lowest BCUT2D eigenvalue weighted by Gasteiger charge is -2.18. The smallest absolute Gasteiger partial charge is 0.253 e. The number of hydrogen-bond donors (Lipinski definition) is 2. The summed E-state index contributed by atoms with van der Waals surface area (Å²) < 4.78 is 2.03. The molecule has 0 saturated heterocycles. The summed E-state index contributed by atoms with van der Waals surface area (Å²) in [4.78, 5) is 18.4. The standard InChI is InChI=1S/C20H31N7O/c1-5-18-25-24-15-27(18)13-12-22-20(21-4)23-14-16-8-10-17(11-9-16)19(28)26(6-2)7-3/h8-11,15H,5-7,12-14H2,1-4H3,(H2,21,22,23). The van der Waals surface area contributed by atoms with Crippen molar-refractivity contribution in [3.8, 4) is 0 Å². The lowest BCUT2D eigenvalue weighted by atomic mass is 10.1. The van der Waals surface area contributed by atoms with Crippen LogP contribution in [0.15, 0.2) is 35.6 Å². The van der Waals surface area contributed by atoms with Gasteiger partial charge in [-0.2, -0.15) is 0 Å². The van der Waals surface area contributed by atoms with Gasteiger partial charge in [0.25, 0.3) is 5.91 Å². The molecule has 28 heavy (non-hydrogen) atoms. The summed E-state index contributed by atoms with van der Waals surface area (Å²) in [6, 6.07) is 7.71. The minimum Gasteiger partial charge on any atom is -0.355 e. The number of benzene rings is 1. The van der Waals surface area contributed by atoms with Crippen LogP contribution in [0.3, 0.4) is 0 Å². The van der Waals surface area contributed by atoms with Crippen molar-refractivity contribution in [1.29, 1.82) is 0 Å². The van der Waals surface area contributed by atoms with Crippen molar-refractivity contribution in [3.05, 3.63) is 47.5 Å². The van der Waals surface area contributed by atoms with Crippen molar-refractivity contribution in [2.75, 3.05) is 26.7 Å². The van der Waals surface area contributed by atoms with E-state index >= 15 is 0 Å². The normalized spacial score (nSPS) is 11.4. The van der Waals surface area contributed by atoms with Crippen molar-refractivity contribution < 1.29 is 4.79 Å². The van der Waals surface area contributed by atoms with Gasteiger partial charge in [0.15, 0.2) is 5.96 Å². The van der Waals surface area contributed by atoms with Gasteiger partial charge in [-0.15, -0.1) is 10.2 Å². The summed E-state index contributed by atoms with van der Waals surface area (Å²) >= 11 is 0. The molecule has 8 heteroatoms. The number of nitrogens with zero attached hydrogens (tertiary/aromatic N) is 5. The third-order valence-electron chi connectivity index (χ3n) is 4.59. The van der Waals surface area contributed by atoms with E-state index in [1.165, 1.54) is 0 Å². The number of aryl methyl sites for hydroxylation is 1. The second-order valence-corrected chi connectivity index (χ2v) is 6.32. The van der Waals surface area contributed by atoms with Crippen LogP contribution in [0.4, 0.5) is 0 Å². The summed E-state index contributed by atoms with van der Waals surface area (Å²) in [6.07, 6.45) is 2.61. The zero-order chi connectivity index (χ0) is 20.4. The Kier molecular flexibility index (Phi) is 8.45. The molecule has 1 amide bonds. The van der Waals surface area contributed by atoms with Gasteiger partial charge < -0.3 is 20.1 Å². The first-order valence-electron chi connectivity index (χ1n) is 9.82. The molecular formula is C20H31N7O. The Morgan fingerprint density at radius 2 is 1.86 bits per heavy atom. The number of nitrogens with one attached hydrogen (secondary N) is 2. The summed E-state index contributed by atoms with van der Waals surface area (Å²) in [6.45, 7) is 9.61. The summed E-state index contributed by atoms with van der Waals surface area (Å²) in [5, 5.41) is 14.6. The van der Waals surface area contributed by atoms with E-state index in [9.17, 15) is 4.79 Å². The van der Waals surface area contributed by atoms with E-state index < -0.39 is 0 Å². The van der Waals surface area contributed by atoms with Gasteiger partial charge in [-0.25, -0.2) is 0 Å². The van der Waals surface area contributed by atoms with Crippen LogP contribution in [0, 0.1) is 0 Å². The Balaban J connectivity index is 1.82. The maximum atomic E-state index is 12.4. The quantitative estimate of drug-likeness (QED) is 0.507. The van der Waals surface area contributed by atoms with Gasteiger partial charge in [0, 0.05) is 51.8 Å². The second-order valence-electron chi connectivity index (χ2n) is 6.32. The number of aromatic nitrogens is 3. The first-order valence-corrected chi connectivity index (χ1v) is 9.82. The van der Waals surface area contributed by atoms with Crippen LogP contribution >= 0.6 is 0 Å². The molecule has 1 heterocycles. The van der Waals surface area contributed by atoms with Crippen LogP contribution in [-0.4, -0.2) is 58.2 Å². The summed E-state index contributed by atoms with van der Waals surface area (Å²) in [5.41, 5.74) is 1.81. The number of carbonyl (C=O) groups excluding carboxylic acids is 1. The van der Waals surface area contributed by atoms with E-state index in [1.54, 1.807) is 13.4 Å². The van der Waals surface area contributed by atoms with Gasteiger partial charge in [0.2, 0.25) is 0 Å². The molecule has 2 rings (SSSR count). The number of guanidine groups is 1. The van der Waals surface area contributed by atoms with E-state index in [-0.39, 0.29) is 5.91 Å². The molecule has 0 fully saturated rings. The monoisotopic (exact) mass is 385 g/mol. The second kappa shape index (κ2) is 11.1. The van der Waals surface area contributed by atoms with Crippen LogP contribution in [0.5, 0.6) is 0 Å². The average molecular weight is 386 g/mol. The summed E-state index contributed by atoms with van der Waals surface area (Å²) in [5.74, 6) is 1.78. The maximum absolute atomic E-state index is 12.4. The van der Waals surface area contributed by atoms with E-state index in [0.717, 1.165) is 55.5 Å². The minimum atomic E-state index is 0.0717. The lowest BCUT2D eigenvalue weighted by Crippen LogP contribution is -2.38. The number of aliphatic imine (C=N–C) groups is 1. The highest BCUT2D eigenvalue weighted by atomic mass is 16.2. The molecule has 0 unspecified atom stereocenters. The Morgan fingerprint density at radius 3 is 2.46 bits per heavy atom. The summed E-state index contributed by atoms with van der Waals surface area (Å²) in [7, 11) is 1.75. The van der Waals surface area contributed by atoms with E-state index in [4.69, 9.17) is 0 Å².